The van der Waals surface area contributed by atoms with Crippen molar-refractivity contribution < 1.29 is 43.2 Å². The third-order valence-electron chi connectivity index (χ3n) is 16.4. The van der Waals surface area contributed by atoms with E-state index in [-0.39, 0.29) is 60.9 Å². The summed E-state index contributed by atoms with van der Waals surface area (Å²) in [7, 11) is 0. The molecule has 3 N–H and O–H groups in total. The van der Waals surface area contributed by atoms with Crippen LogP contribution in [0.1, 0.15) is 126 Å². The first-order chi connectivity index (χ1) is 40.1. The van der Waals surface area contributed by atoms with Crippen LogP contribution < -0.4 is 25.2 Å². The minimum absolute atomic E-state index is 0.000739. The molecule has 3 aliphatic heterocycles. The zero-order valence-corrected chi connectivity index (χ0v) is 49.9. The molecule has 3 atom stereocenters. The second-order valence-corrected chi connectivity index (χ2v) is 23.4. The second-order valence-electron chi connectivity index (χ2n) is 22.5. The predicted molar refractivity (Wildman–Crippen MR) is 324 cm³/mol. The van der Waals surface area contributed by atoms with Gasteiger partial charge < -0.3 is 49.1 Å². The van der Waals surface area contributed by atoms with Gasteiger partial charge in [0, 0.05) is 112 Å². The Labute approximate surface area is 491 Å². The minimum Gasteiger partial charge on any atom is -0.494 e. The SMILES string of the molecule is CCN(c1cc(-c2ccc(OCCCCOCCCOc3cc(-c4scnc4C)ccc3CNC(=O)C3C[C@@H](O)CN3C(=O)[C@H](C(C)C)N3Cc4ccccc4C3=O)cc2)cc(C(=O)CCc2c(C)cc(C)[nH]c2=O)c1C)C1CCOCC1. The van der Waals surface area contributed by atoms with E-state index in [1.54, 1.807) is 22.3 Å². The number of aryl methyl sites for hydroxylation is 3. The number of carbonyl (C=O) groups is 4. The van der Waals surface area contributed by atoms with Gasteiger partial charge in [-0.15, -0.1) is 11.3 Å². The molecule has 1 unspecified atom stereocenters. The van der Waals surface area contributed by atoms with Crippen molar-refractivity contribution >= 4 is 40.5 Å². The summed E-state index contributed by atoms with van der Waals surface area (Å²) >= 11 is 1.54. The van der Waals surface area contributed by atoms with Gasteiger partial charge in [0.2, 0.25) is 11.8 Å². The van der Waals surface area contributed by atoms with Crippen molar-refractivity contribution in [2.45, 2.75) is 137 Å². The molecule has 6 aromatic rings. The monoisotopic (exact) mass is 1150 g/mol. The Morgan fingerprint density at radius 3 is 2.34 bits per heavy atom. The Kier molecular flexibility index (Phi) is 20.3. The molecule has 0 saturated carbocycles. The highest BCUT2D eigenvalue weighted by Gasteiger charge is 2.46. The normalized spacial score (nSPS) is 16.6. The van der Waals surface area contributed by atoms with Crippen LogP contribution in [0.4, 0.5) is 5.69 Å². The van der Waals surface area contributed by atoms with E-state index < -0.39 is 18.2 Å². The molecule has 0 radical (unpaired) electrons. The number of carbonyl (C=O) groups excluding carboxylic acids is 4. The molecule has 3 aliphatic rings. The molecule has 16 nitrogen and oxygen atoms in total. The number of pyridine rings is 1. The molecule has 440 valence electrons. The first-order valence-corrected chi connectivity index (χ1v) is 30.3. The van der Waals surface area contributed by atoms with E-state index in [9.17, 15) is 29.1 Å². The average Bonchev–Trinajstić information content (AvgIpc) is 3.33. The van der Waals surface area contributed by atoms with Crippen LogP contribution in [0.25, 0.3) is 21.6 Å². The molecule has 2 saturated heterocycles. The van der Waals surface area contributed by atoms with Gasteiger partial charge in [0.25, 0.3) is 11.5 Å². The number of amides is 3. The molecular formula is C66H80N6O10S. The number of nitrogens with zero attached hydrogens (tertiary/aromatic N) is 4. The summed E-state index contributed by atoms with van der Waals surface area (Å²) < 4.78 is 24.3. The van der Waals surface area contributed by atoms with E-state index >= 15 is 0 Å². The Balaban J connectivity index is 0.754. The number of β-amino-alcohol motifs (C(OH)–C–C–N with tert-alkyl or cyclic N) is 1. The number of anilines is 1. The number of ether oxygens (including phenoxy) is 4. The molecule has 9 rings (SSSR count). The van der Waals surface area contributed by atoms with Crippen molar-refractivity contribution in [3.05, 3.63) is 151 Å². The highest BCUT2D eigenvalue weighted by molar-refractivity contribution is 7.13. The lowest BCUT2D eigenvalue weighted by Gasteiger charge is -2.37. The molecular weight excluding hydrogens is 1070 g/mol. The number of hydrogen-bond donors (Lipinski definition) is 3. The number of unbranched alkanes of at least 4 members (excludes halogenated alkanes) is 1. The van der Waals surface area contributed by atoms with Gasteiger partial charge >= 0.3 is 0 Å². The quantitative estimate of drug-likeness (QED) is 0.0344. The number of thiazole rings is 1. The van der Waals surface area contributed by atoms with Gasteiger partial charge in [-0.2, -0.15) is 0 Å². The van der Waals surface area contributed by atoms with Gasteiger partial charge in [0.15, 0.2) is 5.78 Å². The standard InChI is InChI=1S/C66H80N6O10S/c1-8-70(51-24-30-80-31-25-51)57-34-50(33-56(44(57)6)59(74)23-22-54-42(4)32-43(5)69-63(54)75)46-18-20-53(21-19-46)81-28-12-11-26-79-27-13-29-82-60-35-47(62-45(7)68-40-83-62)16-17-48(60)37-67-64(76)58-36-52(73)39-71(58)66(78)61(41(2)3)72-38-49-14-9-10-15-55(49)65(72)77/h9-10,14-21,32-35,40-41,51-52,58,61,73H,8,11-13,22-31,36-39H2,1-7H3,(H,67,76)(H,69,75)/t52-,58?,61+/m1/s1. The number of aromatic nitrogens is 2. The molecule has 4 aromatic carbocycles. The fourth-order valence-corrected chi connectivity index (χ4v) is 12.7. The number of benzene rings is 4. The van der Waals surface area contributed by atoms with Crippen molar-refractivity contribution in [3.8, 4) is 33.1 Å². The number of likely N-dealkylation sites (tertiary alicyclic amines) is 1. The number of hydrogen-bond acceptors (Lipinski definition) is 13. The number of fused-ring (bicyclic) bond motifs is 1. The predicted octanol–water partition coefficient (Wildman–Crippen LogP) is 10.1. The van der Waals surface area contributed by atoms with Crippen LogP contribution >= 0.6 is 11.3 Å². The van der Waals surface area contributed by atoms with Crippen molar-refractivity contribution in [3.63, 3.8) is 0 Å². The summed E-state index contributed by atoms with van der Waals surface area (Å²) in [6.45, 7) is 18.4. The van der Waals surface area contributed by atoms with Gasteiger partial charge in [-0.25, -0.2) is 4.98 Å². The Hall–Kier alpha value is -7.18. The maximum atomic E-state index is 14.3. The maximum Gasteiger partial charge on any atom is 0.255 e. The third kappa shape index (κ3) is 14.4. The molecule has 83 heavy (non-hydrogen) atoms. The summed E-state index contributed by atoms with van der Waals surface area (Å²) in [6.07, 6.45) is 3.89. The number of aliphatic hydroxyl groups is 1. The van der Waals surface area contributed by atoms with E-state index in [0.29, 0.717) is 87.5 Å². The molecule has 2 aromatic heterocycles. The van der Waals surface area contributed by atoms with Gasteiger partial charge in [0.05, 0.1) is 35.4 Å². The molecule has 17 heteroatoms. The highest BCUT2D eigenvalue weighted by atomic mass is 32.1. The first kappa shape index (κ1) is 60.4. The van der Waals surface area contributed by atoms with Crippen LogP contribution in [-0.4, -0.2) is 125 Å². The van der Waals surface area contributed by atoms with Gasteiger partial charge in [-0.1, -0.05) is 56.3 Å². The van der Waals surface area contributed by atoms with E-state index in [0.717, 1.165) is 98.9 Å². The minimum atomic E-state index is -0.910. The Morgan fingerprint density at radius 1 is 0.880 bits per heavy atom. The largest absolute Gasteiger partial charge is 0.494 e. The number of nitrogens with one attached hydrogen (secondary N) is 2. The van der Waals surface area contributed by atoms with Gasteiger partial charge in [0.1, 0.15) is 23.6 Å². The van der Waals surface area contributed by atoms with Crippen LogP contribution in [0.3, 0.4) is 0 Å². The number of Topliss-reactive ketones (excluding diaryl/α,β-unsaturated/α-hetero) is 1. The number of ketones is 1. The Bertz CT molecular complexity index is 3310. The molecule has 0 bridgehead atoms. The summed E-state index contributed by atoms with van der Waals surface area (Å²) in [5.41, 5.74) is 12.7. The van der Waals surface area contributed by atoms with Crippen molar-refractivity contribution in [1.29, 1.82) is 0 Å². The molecule has 5 heterocycles. The summed E-state index contributed by atoms with van der Waals surface area (Å²) in [4.78, 5) is 82.6. The van der Waals surface area contributed by atoms with E-state index in [2.05, 4.69) is 33.2 Å². The van der Waals surface area contributed by atoms with Crippen molar-refractivity contribution in [2.75, 3.05) is 57.6 Å². The molecule has 0 spiro atoms. The third-order valence-corrected chi connectivity index (χ3v) is 17.3. The van der Waals surface area contributed by atoms with Crippen LogP contribution in [0, 0.1) is 33.6 Å². The van der Waals surface area contributed by atoms with Crippen molar-refractivity contribution in [1.82, 2.24) is 25.1 Å². The fourth-order valence-electron chi connectivity index (χ4n) is 11.9. The zero-order chi connectivity index (χ0) is 58.7. The van der Waals surface area contributed by atoms with E-state index in [1.165, 1.54) is 4.90 Å². The molecule has 2 fully saturated rings. The molecule has 0 aliphatic carbocycles. The fraction of sp³-hybridized carbons (Fsp3) is 0.455. The van der Waals surface area contributed by atoms with Gasteiger partial charge in [-0.3, -0.25) is 24.0 Å². The van der Waals surface area contributed by atoms with Crippen LogP contribution in [0.5, 0.6) is 11.5 Å². The number of aliphatic hydroxyl groups excluding tert-OH is 1. The lowest BCUT2D eigenvalue weighted by atomic mass is 9.92. The number of rotatable bonds is 26. The topological polar surface area (TPSA) is 193 Å². The number of H-pyrrole nitrogens is 1. The number of aromatic amines is 1. The van der Waals surface area contributed by atoms with E-state index in [4.69, 9.17) is 18.9 Å². The summed E-state index contributed by atoms with van der Waals surface area (Å²) in [5.74, 6) is 0.205. The van der Waals surface area contributed by atoms with E-state index in [1.807, 2.05) is 120 Å². The summed E-state index contributed by atoms with van der Waals surface area (Å²) in [5, 5.41) is 13.8. The Morgan fingerprint density at radius 2 is 1.61 bits per heavy atom. The van der Waals surface area contributed by atoms with Crippen LogP contribution in [0.15, 0.2) is 95.2 Å². The highest BCUT2D eigenvalue weighted by Crippen LogP contribution is 2.37. The van der Waals surface area contributed by atoms with Crippen LogP contribution in [0.2, 0.25) is 0 Å². The summed E-state index contributed by atoms with van der Waals surface area (Å²) in [6, 6.07) is 26.0. The lowest BCUT2D eigenvalue weighted by Crippen LogP contribution is -2.55. The lowest BCUT2D eigenvalue weighted by molar-refractivity contribution is -0.143. The second kappa shape index (κ2) is 27.9. The van der Waals surface area contributed by atoms with Gasteiger partial charge in [-0.05, 0) is 148 Å². The molecule has 3 amide bonds. The van der Waals surface area contributed by atoms with Crippen molar-refractivity contribution in [2.24, 2.45) is 5.92 Å². The average molecular weight is 1150 g/mol. The smallest absolute Gasteiger partial charge is 0.255 e. The zero-order valence-electron chi connectivity index (χ0n) is 49.1. The van der Waals surface area contributed by atoms with Crippen LogP contribution in [-0.2, 0) is 38.6 Å². The first-order valence-electron chi connectivity index (χ1n) is 29.4. The maximum absolute atomic E-state index is 14.3.